The van der Waals surface area contributed by atoms with Crippen molar-refractivity contribution in [1.82, 2.24) is 15.5 Å². The van der Waals surface area contributed by atoms with Gasteiger partial charge in [-0.15, -0.1) is 0 Å². The maximum absolute atomic E-state index is 12.3. The molecule has 0 saturated carbocycles. The van der Waals surface area contributed by atoms with E-state index >= 15 is 0 Å². The Hall–Kier alpha value is -3.94. The maximum atomic E-state index is 12.3. The van der Waals surface area contributed by atoms with Gasteiger partial charge in [-0.25, -0.2) is 9.89 Å². The third-order valence-electron chi connectivity index (χ3n) is 4.47. The molecule has 8 heteroatoms. The Labute approximate surface area is 164 Å². The number of ether oxygens (including phenoxy) is 1. The summed E-state index contributed by atoms with van der Waals surface area (Å²) >= 11 is 0. The van der Waals surface area contributed by atoms with Crippen molar-refractivity contribution in [2.45, 2.75) is 13.0 Å². The molecule has 4 aromatic rings. The average Bonchev–Trinajstić information content (AvgIpc) is 3.17. The van der Waals surface area contributed by atoms with E-state index in [4.69, 9.17) is 9.15 Å². The summed E-state index contributed by atoms with van der Waals surface area (Å²) in [5.41, 5.74) is 0.263. The number of amides is 1. The van der Waals surface area contributed by atoms with Crippen molar-refractivity contribution in [2.24, 2.45) is 0 Å². The summed E-state index contributed by atoms with van der Waals surface area (Å²) in [5.74, 6) is -0.691. The summed E-state index contributed by atoms with van der Waals surface area (Å²) in [5, 5.41) is 10.4. The molecule has 29 heavy (non-hydrogen) atoms. The number of benzene rings is 2. The molecule has 8 nitrogen and oxygen atoms in total. The summed E-state index contributed by atoms with van der Waals surface area (Å²) in [7, 11) is 0. The molecule has 0 aliphatic heterocycles. The molecule has 0 unspecified atom stereocenters. The van der Waals surface area contributed by atoms with Gasteiger partial charge in [-0.2, -0.15) is 5.10 Å². The fourth-order valence-corrected chi connectivity index (χ4v) is 3.04. The number of hydrogen-bond donors (Lipinski definition) is 2. The van der Waals surface area contributed by atoms with Crippen LogP contribution >= 0.6 is 0 Å². The van der Waals surface area contributed by atoms with Crippen LogP contribution in [0.25, 0.3) is 21.7 Å². The highest BCUT2D eigenvalue weighted by atomic mass is 16.5. The summed E-state index contributed by atoms with van der Waals surface area (Å²) in [6.45, 7) is 1.28. The van der Waals surface area contributed by atoms with E-state index in [-0.39, 0.29) is 5.69 Å². The van der Waals surface area contributed by atoms with Crippen LogP contribution in [0.3, 0.4) is 0 Å². The van der Waals surface area contributed by atoms with E-state index in [0.29, 0.717) is 16.5 Å². The topological polar surface area (TPSA) is 114 Å². The summed E-state index contributed by atoms with van der Waals surface area (Å²) in [6, 6.07) is 15.5. The van der Waals surface area contributed by atoms with E-state index in [1.807, 2.05) is 30.3 Å². The predicted octanol–water partition coefficient (Wildman–Crippen LogP) is 2.70. The number of esters is 1. The van der Waals surface area contributed by atoms with Gasteiger partial charge in [-0.3, -0.25) is 9.59 Å². The maximum Gasteiger partial charge on any atom is 0.359 e. The van der Waals surface area contributed by atoms with Crippen molar-refractivity contribution in [3.05, 3.63) is 76.4 Å². The second-order valence-corrected chi connectivity index (χ2v) is 6.50. The average molecular weight is 391 g/mol. The van der Waals surface area contributed by atoms with Gasteiger partial charge in [0, 0.05) is 10.8 Å². The van der Waals surface area contributed by atoms with Crippen LogP contribution in [0.5, 0.6) is 0 Å². The molecule has 0 fully saturated rings. The minimum atomic E-state index is -0.802. The zero-order valence-corrected chi connectivity index (χ0v) is 15.5. The Morgan fingerprint density at radius 1 is 1.14 bits per heavy atom. The number of carbonyl (C=O) groups excluding carboxylic acids is 2. The first kappa shape index (κ1) is 18.4. The lowest BCUT2D eigenvalue weighted by Crippen LogP contribution is -2.31. The van der Waals surface area contributed by atoms with Gasteiger partial charge in [0.25, 0.3) is 11.5 Å². The number of hydrogen-bond acceptors (Lipinski definition) is 6. The lowest BCUT2D eigenvalue weighted by Gasteiger charge is -2.11. The number of carbonyl (C=O) groups is 2. The number of rotatable bonds is 5. The highest BCUT2D eigenvalue weighted by Crippen LogP contribution is 2.23. The molecule has 0 aliphatic carbocycles. The number of nitrogens with one attached hydrogen (secondary N) is 2. The van der Waals surface area contributed by atoms with E-state index in [9.17, 15) is 14.4 Å². The first-order valence-electron chi connectivity index (χ1n) is 8.95. The van der Waals surface area contributed by atoms with Gasteiger partial charge in [-0.05, 0) is 25.1 Å². The molecule has 2 N–H and O–H groups in total. The monoisotopic (exact) mass is 391 g/mol. The van der Waals surface area contributed by atoms with Crippen LogP contribution in [0.2, 0.25) is 0 Å². The van der Waals surface area contributed by atoms with Crippen molar-refractivity contribution in [1.29, 1.82) is 0 Å². The SMILES string of the molecule is C[C@H](NC(=O)COC(=O)c1n[nH]c(=O)c2ccccc12)c1cc2ccccc2o1. The second kappa shape index (κ2) is 7.59. The molecule has 2 heterocycles. The van der Waals surface area contributed by atoms with Crippen molar-refractivity contribution in [3.8, 4) is 0 Å². The van der Waals surface area contributed by atoms with E-state index in [2.05, 4.69) is 15.5 Å². The Morgan fingerprint density at radius 3 is 2.66 bits per heavy atom. The molecule has 0 aliphatic rings. The number of para-hydroxylation sites is 1. The van der Waals surface area contributed by atoms with Crippen LogP contribution in [0.15, 0.2) is 63.8 Å². The first-order chi connectivity index (χ1) is 14.0. The molecule has 0 bridgehead atoms. The van der Waals surface area contributed by atoms with Crippen molar-refractivity contribution < 1.29 is 18.7 Å². The van der Waals surface area contributed by atoms with Gasteiger partial charge in [-0.1, -0.05) is 36.4 Å². The number of aromatic nitrogens is 2. The van der Waals surface area contributed by atoms with Crippen molar-refractivity contribution in [2.75, 3.05) is 6.61 Å². The quantitative estimate of drug-likeness (QED) is 0.506. The number of aromatic amines is 1. The third kappa shape index (κ3) is 3.73. The Morgan fingerprint density at radius 2 is 1.86 bits per heavy atom. The normalized spacial score (nSPS) is 12.0. The zero-order chi connectivity index (χ0) is 20.4. The molecule has 1 amide bonds. The van der Waals surface area contributed by atoms with E-state index in [1.54, 1.807) is 31.2 Å². The van der Waals surface area contributed by atoms with Crippen LogP contribution in [0.4, 0.5) is 0 Å². The lowest BCUT2D eigenvalue weighted by atomic mass is 10.1. The number of H-pyrrole nitrogens is 1. The van der Waals surface area contributed by atoms with Gasteiger partial charge in [0.2, 0.25) is 0 Å². The number of fused-ring (bicyclic) bond motifs is 2. The van der Waals surface area contributed by atoms with E-state index in [0.717, 1.165) is 11.0 Å². The highest BCUT2D eigenvalue weighted by Gasteiger charge is 2.19. The molecular formula is C21H17N3O5. The minimum Gasteiger partial charge on any atom is -0.459 e. The highest BCUT2D eigenvalue weighted by molar-refractivity contribution is 6.02. The van der Waals surface area contributed by atoms with Gasteiger partial charge >= 0.3 is 5.97 Å². The molecule has 4 rings (SSSR count). The van der Waals surface area contributed by atoms with E-state index < -0.39 is 30.1 Å². The summed E-state index contributed by atoms with van der Waals surface area (Å²) < 4.78 is 10.8. The van der Waals surface area contributed by atoms with Crippen LogP contribution in [-0.2, 0) is 9.53 Å². The number of furan rings is 1. The largest absolute Gasteiger partial charge is 0.459 e. The standard InChI is InChI=1S/C21H17N3O5/c1-12(17-10-13-6-2-5-9-16(13)29-17)22-18(25)11-28-21(27)19-14-7-3-4-8-15(14)20(26)24-23-19/h2-10,12H,11H2,1H3,(H,22,25)(H,24,26)/t12-/m0/s1. The van der Waals surface area contributed by atoms with E-state index in [1.165, 1.54) is 0 Å². The molecule has 1 atom stereocenters. The van der Waals surface area contributed by atoms with Crippen LogP contribution in [-0.4, -0.2) is 28.7 Å². The minimum absolute atomic E-state index is 0.0571. The molecule has 146 valence electrons. The molecule has 2 aromatic carbocycles. The second-order valence-electron chi connectivity index (χ2n) is 6.50. The van der Waals surface area contributed by atoms with Gasteiger partial charge in [0.05, 0.1) is 11.4 Å². The Kier molecular flexibility index (Phi) is 4.82. The summed E-state index contributed by atoms with van der Waals surface area (Å²) in [4.78, 5) is 36.3. The van der Waals surface area contributed by atoms with Gasteiger partial charge < -0.3 is 14.5 Å². The predicted molar refractivity (Wildman–Crippen MR) is 105 cm³/mol. The smallest absolute Gasteiger partial charge is 0.359 e. The van der Waals surface area contributed by atoms with Crippen molar-refractivity contribution in [3.63, 3.8) is 0 Å². The lowest BCUT2D eigenvalue weighted by molar-refractivity contribution is -0.125. The zero-order valence-electron chi connectivity index (χ0n) is 15.5. The number of nitrogens with zero attached hydrogens (tertiary/aromatic N) is 1. The van der Waals surface area contributed by atoms with Crippen LogP contribution < -0.4 is 10.9 Å². The van der Waals surface area contributed by atoms with Crippen molar-refractivity contribution >= 4 is 33.6 Å². The Bertz CT molecular complexity index is 1240. The van der Waals surface area contributed by atoms with Crippen LogP contribution in [0.1, 0.15) is 29.2 Å². The molecule has 2 aromatic heterocycles. The fourth-order valence-electron chi connectivity index (χ4n) is 3.04. The first-order valence-corrected chi connectivity index (χ1v) is 8.95. The summed E-state index contributed by atoms with van der Waals surface area (Å²) in [6.07, 6.45) is 0. The molecule has 0 saturated heterocycles. The molecular weight excluding hydrogens is 374 g/mol. The molecule has 0 spiro atoms. The molecule has 0 radical (unpaired) electrons. The Balaban J connectivity index is 1.41. The van der Waals surface area contributed by atoms with Gasteiger partial charge in [0.15, 0.2) is 12.3 Å². The van der Waals surface area contributed by atoms with Crippen LogP contribution in [0, 0.1) is 0 Å². The van der Waals surface area contributed by atoms with Gasteiger partial charge in [0.1, 0.15) is 11.3 Å². The fraction of sp³-hybridized carbons (Fsp3) is 0.143. The third-order valence-corrected chi connectivity index (χ3v) is 4.47.